The summed E-state index contributed by atoms with van der Waals surface area (Å²) in [6, 6.07) is 7.27. The Labute approximate surface area is 115 Å². The molecule has 0 saturated heterocycles. The van der Waals surface area contributed by atoms with Crippen LogP contribution in [0.2, 0.25) is 0 Å². The number of fused-ring (bicyclic) bond motifs is 1. The Balaban J connectivity index is 2.38. The normalized spacial score (nSPS) is 11.3. The molecule has 102 valence electrons. The molecule has 1 heterocycles. The lowest BCUT2D eigenvalue weighted by molar-refractivity contribution is 0.288. The van der Waals surface area contributed by atoms with E-state index in [2.05, 4.69) is 18.7 Å². The lowest BCUT2D eigenvalue weighted by Crippen LogP contribution is -2.36. The van der Waals surface area contributed by atoms with Crippen LogP contribution in [-0.2, 0) is 6.54 Å². The maximum absolute atomic E-state index is 12.3. The number of likely N-dealkylation sites (N-methyl/N-ethyl adjacent to an activating group) is 1. The van der Waals surface area contributed by atoms with Gasteiger partial charge in [0.05, 0.1) is 5.39 Å². The molecule has 1 aromatic carbocycles. The highest BCUT2D eigenvalue weighted by molar-refractivity contribution is 7.16. The van der Waals surface area contributed by atoms with Gasteiger partial charge in [-0.1, -0.05) is 37.3 Å². The zero-order valence-electron chi connectivity index (χ0n) is 11.3. The Kier molecular flexibility index (Phi) is 4.50. The van der Waals surface area contributed by atoms with E-state index in [9.17, 15) is 9.59 Å². The number of nitrogens with zero attached hydrogens (tertiary/aromatic N) is 2. The number of benzene rings is 1. The molecule has 0 aliphatic rings. The summed E-state index contributed by atoms with van der Waals surface area (Å²) in [7, 11) is 0. The second-order valence-electron chi connectivity index (χ2n) is 4.35. The Morgan fingerprint density at radius 3 is 2.53 bits per heavy atom. The van der Waals surface area contributed by atoms with Gasteiger partial charge in [0.15, 0.2) is 0 Å². The summed E-state index contributed by atoms with van der Waals surface area (Å²) in [5, 5.41) is 0.631. The molecule has 0 aliphatic carbocycles. The lowest BCUT2D eigenvalue weighted by atomic mass is 10.3. The predicted octanol–water partition coefficient (Wildman–Crippen LogP) is 1.77. The van der Waals surface area contributed by atoms with Crippen LogP contribution in [0.4, 0.5) is 0 Å². The van der Waals surface area contributed by atoms with Gasteiger partial charge in [0, 0.05) is 17.8 Å². The third-order valence-electron chi connectivity index (χ3n) is 3.31. The first kappa shape index (κ1) is 14.0. The molecule has 0 fully saturated rings. The largest absolute Gasteiger partial charge is 0.310 e. The molecule has 2 aromatic rings. The highest BCUT2D eigenvalue weighted by atomic mass is 32.1. The molecular formula is C14H18N2O2S. The first-order valence-electron chi connectivity index (χ1n) is 6.52. The topological polar surface area (TPSA) is 42.3 Å². The van der Waals surface area contributed by atoms with Crippen LogP contribution in [0.1, 0.15) is 13.8 Å². The second kappa shape index (κ2) is 6.12. The molecule has 0 radical (unpaired) electrons. The molecule has 0 amide bonds. The van der Waals surface area contributed by atoms with E-state index in [4.69, 9.17) is 0 Å². The van der Waals surface area contributed by atoms with Crippen LogP contribution in [0, 0.1) is 0 Å². The van der Waals surface area contributed by atoms with E-state index >= 15 is 0 Å². The van der Waals surface area contributed by atoms with Crippen molar-refractivity contribution in [3.63, 3.8) is 0 Å². The van der Waals surface area contributed by atoms with Crippen molar-refractivity contribution < 1.29 is 0 Å². The van der Waals surface area contributed by atoms with Crippen molar-refractivity contribution >= 4 is 21.4 Å². The minimum absolute atomic E-state index is 0.171. The van der Waals surface area contributed by atoms with Crippen molar-refractivity contribution in [3.8, 4) is 0 Å². The first-order valence-corrected chi connectivity index (χ1v) is 7.34. The zero-order valence-corrected chi connectivity index (χ0v) is 12.1. The third kappa shape index (κ3) is 2.93. The minimum Gasteiger partial charge on any atom is -0.302 e. The molecule has 0 atom stereocenters. The van der Waals surface area contributed by atoms with Crippen LogP contribution in [-0.4, -0.2) is 29.1 Å². The summed E-state index contributed by atoms with van der Waals surface area (Å²) in [5.74, 6) is 0. The molecule has 0 spiro atoms. The van der Waals surface area contributed by atoms with E-state index in [0.717, 1.165) is 35.7 Å². The van der Waals surface area contributed by atoms with Crippen molar-refractivity contribution in [3.05, 3.63) is 44.3 Å². The van der Waals surface area contributed by atoms with Gasteiger partial charge in [0.25, 0.3) is 5.56 Å². The lowest BCUT2D eigenvalue weighted by Gasteiger charge is -2.18. The average Bonchev–Trinajstić information content (AvgIpc) is 2.43. The molecule has 0 N–H and O–H groups in total. The highest BCUT2D eigenvalue weighted by Gasteiger charge is 2.08. The summed E-state index contributed by atoms with van der Waals surface area (Å²) >= 11 is 1.14. The quantitative estimate of drug-likeness (QED) is 0.837. The molecule has 0 saturated carbocycles. The Morgan fingerprint density at radius 1 is 1.16 bits per heavy atom. The van der Waals surface area contributed by atoms with Gasteiger partial charge in [-0.05, 0) is 25.2 Å². The summed E-state index contributed by atoms with van der Waals surface area (Å²) in [6.07, 6.45) is 0. The van der Waals surface area contributed by atoms with E-state index in [1.807, 2.05) is 18.2 Å². The van der Waals surface area contributed by atoms with E-state index in [0.29, 0.717) is 11.9 Å². The number of hydrogen-bond acceptors (Lipinski definition) is 4. The zero-order chi connectivity index (χ0) is 13.8. The van der Waals surface area contributed by atoms with Gasteiger partial charge in [-0.15, -0.1) is 0 Å². The molecule has 0 bridgehead atoms. The molecule has 1 aromatic heterocycles. The maximum atomic E-state index is 12.3. The van der Waals surface area contributed by atoms with Crippen LogP contribution >= 0.6 is 11.3 Å². The SMILES string of the molecule is CCN(CC)CCn1c(=O)sc2ccccc2c1=O. The molecule has 5 heteroatoms. The fourth-order valence-electron chi connectivity index (χ4n) is 2.08. The van der Waals surface area contributed by atoms with Gasteiger partial charge >= 0.3 is 4.87 Å². The number of aromatic nitrogens is 1. The van der Waals surface area contributed by atoms with Crippen molar-refractivity contribution in [1.82, 2.24) is 9.47 Å². The van der Waals surface area contributed by atoms with Crippen molar-refractivity contribution in [1.29, 1.82) is 0 Å². The van der Waals surface area contributed by atoms with Crippen LogP contribution in [0.3, 0.4) is 0 Å². The first-order chi connectivity index (χ1) is 9.17. The van der Waals surface area contributed by atoms with E-state index in [1.54, 1.807) is 6.07 Å². The van der Waals surface area contributed by atoms with Gasteiger partial charge in [0.1, 0.15) is 0 Å². The van der Waals surface area contributed by atoms with Crippen molar-refractivity contribution in [2.75, 3.05) is 19.6 Å². The van der Waals surface area contributed by atoms with Crippen LogP contribution in [0.25, 0.3) is 10.1 Å². The molecule has 0 unspecified atom stereocenters. The Bertz CT molecular complexity index is 671. The van der Waals surface area contributed by atoms with Gasteiger partial charge < -0.3 is 4.90 Å². The van der Waals surface area contributed by atoms with Gasteiger partial charge in [-0.25, -0.2) is 0 Å². The van der Waals surface area contributed by atoms with Crippen LogP contribution in [0.15, 0.2) is 33.9 Å². The van der Waals surface area contributed by atoms with E-state index in [1.165, 1.54) is 4.57 Å². The van der Waals surface area contributed by atoms with Gasteiger partial charge in [-0.3, -0.25) is 14.2 Å². The second-order valence-corrected chi connectivity index (χ2v) is 5.34. The summed E-state index contributed by atoms with van der Waals surface area (Å²) in [6.45, 7) is 7.20. The van der Waals surface area contributed by atoms with Crippen LogP contribution < -0.4 is 10.4 Å². The molecule has 19 heavy (non-hydrogen) atoms. The predicted molar refractivity (Wildman–Crippen MR) is 80.1 cm³/mol. The fraction of sp³-hybridized carbons (Fsp3) is 0.429. The maximum Gasteiger partial charge on any atom is 0.310 e. The van der Waals surface area contributed by atoms with Gasteiger partial charge in [0.2, 0.25) is 0 Å². The summed E-state index contributed by atoms with van der Waals surface area (Å²) < 4.78 is 2.11. The van der Waals surface area contributed by atoms with E-state index in [-0.39, 0.29) is 10.4 Å². The smallest absolute Gasteiger partial charge is 0.302 e. The molecule has 0 aliphatic heterocycles. The molecule has 2 rings (SSSR count). The minimum atomic E-state index is -0.175. The standard InChI is InChI=1S/C14H18N2O2S/c1-3-15(4-2)9-10-16-13(17)11-7-5-6-8-12(11)19-14(16)18/h5-8H,3-4,9-10H2,1-2H3. The average molecular weight is 278 g/mol. The van der Waals surface area contributed by atoms with E-state index < -0.39 is 0 Å². The monoisotopic (exact) mass is 278 g/mol. The number of rotatable bonds is 5. The summed E-state index contributed by atoms with van der Waals surface area (Å²) in [4.78, 5) is 26.3. The number of hydrogen-bond donors (Lipinski definition) is 0. The Hall–Kier alpha value is -1.46. The fourth-order valence-corrected chi connectivity index (χ4v) is 2.97. The highest BCUT2D eigenvalue weighted by Crippen LogP contribution is 2.10. The molecular weight excluding hydrogens is 260 g/mol. The van der Waals surface area contributed by atoms with Crippen LogP contribution in [0.5, 0.6) is 0 Å². The summed E-state index contributed by atoms with van der Waals surface area (Å²) in [5.41, 5.74) is -0.175. The molecule has 4 nitrogen and oxygen atoms in total. The van der Waals surface area contributed by atoms with Crippen molar-refractivity contribution in [2.45, 2.75) is 20.4 Å². The van der Waals surface area contributed by atoms with Crippen molar-refractivity contribution in [2.24, 2.45) is 0 Å². The van der Waals surface area contributed by atoms with Gasteiger partial charge in [-0.2, -0.15) is 0 Å². The Morgan fingerprint density at radius 2 is 1.84 bits per heavy atom. The third-order valence-corrected chi connectivity index (χ3v) is 4.29.